The van der Waals surface area contributed by atoms with Gasteiger partial charge in [-0.15, -0.1) is 0 Å². The lowest BCUT2D eigenvalue weighted by atomic mass is 10.00. The number of benzene rings is 1. The van der Waals surface area contributed by atoms with E-state index in [1.165, 1.54) is 19.3 Å². The van der Waals surface area contributed by atoms with Gasteiger partial charge in [-0.1, -0.05) is 13.0 Å². The highest BCUT2D eigenvalue weighted by atomic mass is 16.7. The molecule has 0 aliphatic carbocycles. The molecule has 138 valence electrons. The highest BCUT2D eigenvalue weighted by molar-refractivity contribution is 5.51. The zero-order valence-corrected chi connectivity index (χ0v) is 15.5. The fourth-order valence-electron chi connectivity index (χ4n) is 3.76. The van der Waals surface area contributed by atoms with Crippen molar-refractivity contribution in [2.45, 2.75) is 52.1 Å². The van der Waals surface area contributed by atoms with Crippen molar-refractivity contribution in [1.82, 2.24) is 9.97 Å². The number of nitrogens with zero attached hydrogens (tertiary/aromatic N) is 3. The van der Waals surface area contributed by atoms with Gasteiger partial charge in [-0.3, -0.25) is 0 Å². The predicted molar refractivity (Wildman–Crippen MR) is 102 cm³/mol. The van der Waals surface area contributed by atoms with E-state index in [2.05, 4.69) is 28.2 Å². The zero-order valence-electron chi connectivity index (χ0n) is 15.5. The van der Waals surface area contributed by atoms with Crippen LogP contribution in [0.2, 0.25) is 0 Å². The van der Waals surface area contributed by atoms with Crippen LogP contribution in [0.15, 0.2) is 24.3 Å². The minimum Gasteiger partial charge on any atom is -0.454 e. The average molecular weight is 354 g/mol. The molecule has 6 heteroatoms. The number of hydrogen-bond donors (Lipinski definition) is 1. The normalized spacial score (nSPS) is 18.8. The maximum Gasteiger partial charge on any atom is 0.231 e. The topological polar surface area (TPSA) is 59.5 Å². The summed E-state index contributed by atoms with van der Waals surface area (Å²) in [4.78, 5) is 11.7. The Labute approximate surface area is 154 Å². The van der Waals surface area contributed by atoms with Gasteiger partial charge in [-0.05, 0) is 50.3 Å². The smallest absolute Gasteiger partial charge is 0.231 e. The SMILES string of the molecule is CCC1CCCCN1c1cc(NCc2ccc3c(c2)OCO3)nc(C)n1. The van der Waals surface area contributed by atoms with Crippen molar-refractivity contribution < 1.29 is 9.47 Å². The van der Waals surface area contributed by atoms with Crippen LogP contribution in [0.25, 0.3) is 0 Å². The Morgan fingerprint density at radius 1 is 1.15 bits per heavy atom. The summed E-state index contributed by atoms with van der Waals surface area (Å²) in [6, 6.07) is 8.68. The van der Waals surface area contributed by atoms with Gasteiger partial charge in [0, 0.05) is 25.2 Å². The number of aryl methyl sites for hydroxylation is 1. The first kappa shape index (κ1) is 16.9. The molecule has 2 aliphatic heterocycles. The first-order chi connectivity index (χ1) is 12.7. The lowest BCUT2D eigenvalue weighted by Crippen LogP contribution is -2.39. The van der Waals surface area contributed by atoms with Crippen molar-refractivity contribution in [2.24, 2.45) is 0 Å². The molecule has 1 fully saturated rings. The second-order valence-corrected chi connectivity index (χ2v) is 6.95. The average Bonchev–Trinajstić information content (AvgIpc) is 3.13. The van der Waals surface area contributed by atoms with Crippen LogP contribution < -0.4 is 19.7 Å². The number of fused-ring (bicyclic) bond motifs is 1. The van der Waals surface area contributed by atoms with Crippen molar-refractivity contribution in [3.05, 3.63) is 35.7 Å². The largest absolute Gasteiger partial charge is 0.454 e. The first-order valence-electron chi connectivity index (χ1n) is 9.47. The summed E-state index contributed by atoms with van der Waals surface area (Å²) in [5.41, 5.74) is 1.14. The summed E-state index contributed by atoms with van der Waals surface area (Å²) in [7, 11) is 0. The summed E-state index contributed by atoms with van der Waals surface area (Å²) in [6.45, 7) is 6.28. The zero-order chi connectivity index (χ0) is 17.9. The van der Waals surface area contributed by atoms with Crippen LogP contribution in [0.3, 0.4) is 0 Å². The molecule has 1 atom stereocenters. The minimum atomic E-state index is 0.301. The molecular formula is C20H26N4O2. The fraction of sp³-hybridized carbons (Fsp3) is 0.500. The van der Waals surface area contributed by atoms with E-state index in [0.29, 0.717) is 19.4 Å². The molecule has 1 aromatic heterocycles. The quantitative estimate of drug-likeness (QED) is 0.879. The highest BCUT2D eigenvalue weighted by Crippen LogP contribution is 2.33. The van der Waals surface area contributed by atoms with Crippen molar-refractivity contribution in [3.8, 4) is 11.5 Å². The van der Waals surface area contributed by atoms with Gasteiger partial charge in [0.1, 0.15) is 17.5 Å². The summed E-state index contributed by atoms with van der Waals surface area (Å²) >= 11 is 0. The summed E-state index contributed by atoms with van der Waals surface area (Å²) in [5.74, 6) is 4.33. The molecule has 3 heterocycles. The van der Waals surface area contributed by atoms with Gasteiger partial charge in [0.15, 0.2) is 11.5 Å². The van der Waals surface area contributed by atoms with Crippen molar-refractivity contribution in [1.29, 1.82) is 0 Å². The molecule has 0 saturated carbocycles. The molecule has 1 unspecified atom stereocenters. The summed E-state index contributed by atoms with van der Waals surface area (Å²) in [5, 5.41) is 3.43. The van der Waals surface area contributed by atoms with E-state index in [9.17, 15) is 0 Å². The molecule has 1 saturated heterocycles. The highest BCUT2D eigenvalue weighted by Gasteiger charge is 2.22. The maximum absolute atomic E-state index is 5.45. The summed E-state index contributed by atoms with van der Waals surface area (Å²) in [6.07, 6.45) is 4.95. The van der Waals surface area contributed by atoms with E-state index in [1.807, 2.05) is 25.1 Å². The molecule has 0 bridgehead atoms. The lowest BCUT2D eigenvalue weighted by Gasteiger charge is -2.36. The Balaban J connectivity index is 1.49. The van der Waals surface area contributed by atoms with Gasteiger partial charge in [0.05, 0.1) is 0 Å². The Morgan fingerprint density at radius 2 is 2.04 bits per heavy atom. The number of nitrogens with one attached hydrogen (secondary N) is 1. The third-order valence-corrected chi connectivity index (χ3v) is 5.13. The van der Waals surface area contributed by atoms with Gasteiger partial charge in [-0.2, -0.15) is 0 Å². The number of rotatable bonds is 5. The van der Waals surface area contributed by atoms with Gasteiger partial charge >= 0.3 is 0 Å². The number of aromatic nitrogens is 2. The molecule has 0 amide bonds. The van der Waals surface area contributed by atoms with E-state index in [-0.39, 0.29) is 0 Å². The van der Waals surface area contributed by atoms with Gasteiger partial charge < -0.3 is 19.7 Å². The predicted octanol–water partition coefficient (Wildman–Crippen LogP) is 3.89. The standard InChI is InChI=1S/C20H26N4O2/c1-3-16-6-4-5-9-24(16)20-11-19(22-14(2)23-20)21-12-15-7-8-17-18(10-15)26-13-25-17/h7-8,10-11,16H,3-6,9,12-13H2,1-2H3,(H,21,22,23). The van der Waals surface area contributed by atoms with E-state index >= 15 is 0 Å². The van der Waals surface area contributed by atoms with Crippen LogP contribution >= 0.6 is 0 Å². The molecule has 0 spiro atoms. The second-order valence-electron chi connectivity index (χ2n) is 6.95. The fourth-order valence-corrected chi connectivity index (χ4v) is 3.76. The van der Waals surface area contributed by atoms with Crippen LogP contribution in [-0.2, 0) is 6.54 Å². The van der Waals surface area contributed by atoms with Crippen molar-refractivity contribution >= 4 is 11.6 Å². The lowest BCUT2D eigenvalue weighted by molar-refractivity contribution is 0.174. The Morgan fingerprint density at radius 3 is 2.92 bits per heavy atom. The molecule has 6 nitrogen and oxygen atoms in total. The third kappa shape index (κ3) is 3.54. The van der Waals surface area contributed by atoms with Crippen LogP contribution in [0.1, 0.15) is 44.0 Å². The molecule has 0 radical (unpaired) electrons. The molecule has 26 heavy (non-hydrogen) atoms. The van der Waals surface area contributed by atoms with Gasteiger partial charge in [-0.25, -0.2) is 9.97 Å². The molecule has 1 N–H and O–H groups in total. The van der Waals surface area contributed by atoms with Crippen LogP contribution in [0.5, 0.6) is 11.5 Å². The molecular weight excluding hydrogens is 328 g/mol. The Hall–Kier alpha value is -2.50. The van der Waals surface area contributed by atoms with Gasteiger partial charge in [0.25, 0.3) is 0 Å². The van der Waals surface area contributed by atoms with E-state index < -0.39 is 0 Å². The first-order valence-corrected chi connectivity index (χ1v) is 9.47. The van der Waals surface area contributed by atoms with E-state index in [0.717, 1.165) is 47.5 Å². The monoisotopic (exact) mass is 354 g/mol. The summed E-state index contributed by atoms with van der Waals surface area (Å²) < 4.78 is 10.8. The van der Waals surface area contributed by atoms with Gasteiger partial charge in [0.2, 0.25) is 6.79 Å². The second kappa shape index (κ2) is 7.40. The van der Waals surface area contributed by atoms with Crippen LogP contribution in [-0.4, -0.2) is 29.3 Å². The van der Waals surface area contributed by atoms with Crippen molar-refractivity contribution in [2.75, 3.05) is 23.6 Å². The number of piperidine rings is 1. The maximum atomic E-state index is 5.45. The number of ether oxygens (including phenoxy) is 2. The minimum absolute atomic E-state index is 0.301. The Kier molecular flexibility index (Phi) is 4.82. The molecule has 2 aromatic rings. The van der Waals surface area contributed by atoms with Crippen LogP contribution in [0.4, 0.5) is 11.6 Å². The number of hydrogen-bond acceptors (Lipinski definition) is 6. The van der Waals surface area contributed by atoms with Crippen molar-refractivity contribution in [3.63, 3.8) is 0 Å². The molecule has 1 aromatic carbocycles. The van der Waals surface area contributed by atoms with Crippen LogP contribution in [0, 0.1) is 6.92 Å². The molecule has 2 aliphatic rings. The Bertz CT molecular complexity index is 780. The van der Waals surface area contributed by atoms with E-state index in [4.69, 9.17) is 14.5 Å². The third-order valence-electron chi connectivity index (χ3n) is 5.13. The van der Waals surface area contributed by atoms with E-state index in [1.54, 1.807) is 0 Å². The molecule has 4 rings (SSSR count). The number of anilines is 2.